The minimum Gasteiger partial charge on any atom is -0.334 e. The summed E-state index contributed by atoms with van der Waals surface area (Å²) in [6.45, 7) is 4.93. The predicted octanol–water partition coefficient (Wildman–Crippen LogP) is 4.50. The minimum atomic E-state index is 0.179. The van der Waals surface area contributed by atoms with Crippen LogP contribution in [-0.2, 0) is 12.8 Å². The van der Waals surface area contributed by atoms with Crippen LogP contribution in [-0.4, -0.2) is 29.3 Å². The van der Waals surface area contributed by atoms with Gasteiger partial charge in [0.25, 0.3) is 5.91 Å². The van der Waals surface area contributed by atoms with Gasteiger partial charge in [-0.25, -0.2) is 0 Å². The third-order valence-electron chi connectivity index (χ3n) is 4.18. The lowest BCUT2D eigenvalue weighted by Gasteiger charge is -2.29. The molecule has 0 unspecified atom stereocenters. The maximum absolute atomic E-state index is 12.8. The molecule has 0 radical (unpaired) electrons. The Labute approximate surface area is 131 Å². The molecule has 1 heterocycles. The van der Waals surface area contributed by atoms with Crippen molar-refractivity contribution >= 4 is 28.8 Å². The molecule has 1 aliphatic rings. The van der Waals surface area contributed by atoms with E-state index in [2.05, 4.69) is 19.9 Å². The number of thiophene rings is 1. The Morgan fingerprint density at radius 2 is 2.05 bits per heavy atom. The van der Waals surface area contributed by atoms with Gasteiger partial charge < -0.3 is 4.90 Å². The van der Waals surface area contributed by atoms with Crippen LogP contribution in [0.15, 0.2) is 6.07 Å². The first-order chi connectivity index (χ1) is 9.71. The van der Waals surface area contributed by atoms with Crippen LogP contribution < -0.4 is 0 Å². The van der Waals surface area contributed by atoms with Gasteiger partial charge in [0.05, 0.1) is 4.88 Å². The number of carbonyl (C=O) groups is 1. The van der Waals surface area contributed by atoms with Crippen molar-refractivity contribution in [3.8, 4) is 0 Å². The topological polar surface area (TPSA) is 20.3 Å². The number of aryl methyl sites for hydroxylation is 2. The normalized spacial score (nSPS) is 14.4. The zero-order valence-electron chi connectivity index (χ0n) is 12.5. The van der Waals surface area contributed by atoms with E-state index >= 15 is 0 Å². The summed E-state index contributed by atoms with van der Waals surface area (Å²) in [7, 11) is 0. The zero-order valence-corrected chi connectivity index (χ0v) is 14.0. The molecule has 1 aromatic heterocycles. The lowest BCUT2D eigenvalue weighted by atomic mass is 9.99. The standard InChI is InChI=1S/C16H24ClNOS/c1-3-13(4-2)18(10-9-17)16(19)15-11-12-7-5-6-8-14(12)20-15/h11,13H,3-10H2,1-2H3. The molecule has 20 heavy (non-hydrogen) atoms. The maximum atomic E-state index is 12.8. The summed E-state index contributed by atoms with van der Waals surface area (Å²) in [4.78, 5) is 17.1. The SMILES string of the molecule is CCC(CC)N(CCCl)C(=O)c1cc2c(s1)CCCC2. The largest absolute Gasteiger partial charge is 0.334 e. The van der Waals surface area contributed by atoms with E-state index < -0.39 is 0 Å². The van der Waals surface area contributed by atoms with Gasteiger partial charge in [-0.2, -0.15) is 0 Å². The summed E-state index contributed by atoms with van der Waals surface area (Å²) in [5.41, 5.74) is 1.40. The highest BCUT2D eigenvalue weighted by Crippen LogP contribution is 2.31. The Kier molecular flexibility index (Phi) is 5.91. The molecule has 0 atom stereocenters. The summed E-state index contributed by atoms with van der Waals surface area (Å²) in [5.74, 6) is 0.687. The molecule has 1 amide bonds. The fourth-order valence-corrected chi connectivity index (χ4v) is 4.40. The summed E-state index contributed by atoms with van der Waals surface area (Å²) >= 11 is 7.60. The number of halogens is 1. The van der Waals surface area contributed by atoms with Crippen LogP contribution >= 0.6 is 22.9 Å². The average molecular weight is 314 g/mol. The summed E-state index contributed by atoms with van der Waals surface area (Å²) in [6, 6.07) is 2.44. The van der Waals surface area contributed by atoms with Gasteiger partial charge in [-0.1, -0.05) is 13.8 Å². The first-order valence-electron chi connectivity index (χ1n) is 7.69. The van der Waals surface area contributed by atoms with E-state index in [-0.39, 0.29) is 5.91 Å². The van der Waals surface area contributed by atoms with E-state index in [1.54, 1.807) is 11.3 Å². The highest BCUT2D eigenvalue weighted by molar-refractivity contribution is 7.14. The number of rotatable bonds is 6. The number of carbonyl (C=O) groups excluding carboxylic acids is 1. The van der Waals surface area contributed by atoms with Gasteiger partial charge in [0.15, 0.2) is 0 Å². The number of hydrogen-bond acceptors (Lipinski definition) is 2. The molecule has 112 valence electrons. The van der Waals surface area contributed by atoms with Crippen molar-refractivity contribution in [3.05, 3.63) is 21.4 Å². The van der Waals surface area contributed by atoms with Crippen LogP contribution in [0.4, 0.5) is 0 Å². The highest BCUT2D eigenvalue weighted by atomic mass is 35.5. The van der Waals surface area contributed by atoms with E-state index in [1.807, 2.05) is 4.90 Å². The second-order valence-corrected chi connectivity index (χ2v) is 6.94. The Morgan fingerprint density at radius 3 is 2.65 bits per heavy atom. The summed E-state index contributed by atoms with van der Waals surface area (Å²) < 4.78 is 0. The maximum Gasteiger partial charge on any atom is 0.264 e. The quantitative estimate of drug-likeness (QED) is 0.708. The van der Waals surface area contributed by atoms with Crippen molar-refractivity contribution in [3.63, 3.8) is 0 Å². The van der Waals surface area contributed by atoms with Crippen LogP contribution in [0.5, 0.6) is 0 Å². The lowest BCUT2D eigenvalue weighted by molar-refractivity contribution is 0.0686. The fraction of sp³-hybridized carbons (Fsp3) is 0.688. The number of nitrogens with zero attached hydrogens (tertiary/aromatic N) is 1. The van der Waals surface area contributed by atoms with Crippen molar-refractivity contribution in [2.45, 2.75) is 58.4 Å². The number of fused-ring (bicyclic) bond motifs is 1. The molecular weight excluding hydrogens is 290 g/mol. The molecule has 0 N–H and O–H groups in total. The van der Waals surface area contributed by atoms with Gasteiger partial charge in [-0.3, -0.25) is 4.79 Å². The molecule has 1 aliphatic carbocycles. The average Bonchev–Trinajstić information content (AvgIpc) is 2.90. The van der Waals surface area contributed by atoms with E-state index in [0.717, 1.165) is 30.6 Å². The second-order valence-electron chi connectivity index (χ2n) is 5.42. The van der Waals surface area contributed by atoms with Gasteiger partial charge >= 0.3 is 0 Å². The van der Waals surface area contributed by atoms with Crippen LogP contribution in [0.2, 0.25) is 0 Å². The van der Waals surface area contributed by atoms with E-state index in [4.69, 9.17) is 11.6 Å². The summed E-state index contributed by atoms with van der Waals surface area (Å²) in [5, 5.41) is 0. The first-order valence-corrected chi connectivity index (χ1v) is 9.04. The zero-order chi connectivity index (χ0) is 14.5. The molecule has 2 nitrogen and oxygen atoms in total. The third-order valence-corrected chi connectivity index (χ3v) is 5.57. The number of hydrogen-bond donors (Lipinski definition) is 0. The van der Waals surface area contributed by atoms with Gasteiger partial charge in [0, 0.05) is 23.3 Å². The van der Waals surface area contributed by atoms with Crippen LogP contribution in [0.25, 0.3) is 0 Å². The van der Waals surface area contributed by atoms with E-state index in [1.165, 1.54) is 23.3 Å². The van der Waals surface area contributed by atoms with Crippen LogP contribution in [0.1, 0.15) is 59.6 Å². The van der Waals surface area contributed by atoms with Crippen LogP contribution in [0, 0.1) is 0 Å². The van der Waals surface area contributed by atoms with Crippen molar-refractivity contribution in [1.29, 1.82) is 0 Å². The van der Waals surface area contributed by atoms with Gasteiger partial charge in [-0.15, -0.1) is 22.9 Å². The Bertz CT molecular complexity index is 430. The highest BCUT2D eigenvalue weighted by Gasteiger charge is 2.25. The van der Waals surface area contributed by atoms with Crippen LogP contribution in [0.3, 0.4) is 0 Å². The molecule has 0 saturated carbocycles. The molecule has 4 heteroatoms. The Balaban J connectivity index is 2.20. The fourth-order valence-electron chi connectivity index (χ4n) is 3.01. The molecular formula is C16H24ClNOS. The van der Waals surface area contributed by atoms with Crippen molar-refractivity contribution in [2.24, 2.45) is 0 Å². The number of amides is 1. The van der Waals surface area contributed by atoms with Crippen molar-refractivity contribution < 1.29 is 4.79 Å². The van der Waals surface area contributed by atoms with E-state index in [9.17, 15) is 4.79 Å². The molecule has 0 bridgehead atoms. The number of alkyl halides is 1. The second kappa shape index (κ2) is 7.46. The van der Waals surface area contributed by atoms with Gasteiger partial charge in [-0.05, 0) is 50.2 Å². The molecule has 0 fully saturated rings. The third kappa shape index (κ3) is 3.37. The summed E-state index contributed by atoms with van der Waals surface area (Å²) in [6.07, 6.45) is 6.79. The van der Waals surface area contributed by atoms with Crippen molar-refractivity contribution in [2.75, 3.05) is 12.4 Å². The molecule has 0 aromatic carbocycles. The monoisotopic (exact) mass is 313 g/mol. The molecule has 1 aromatic rings. The predicted molar refractivity (Wildman–Crippen MR) is 87.1 cm³/mol. The molecule has 2 rings (SSSR count). The van der Waals surface area contributed by atoms with E-state index in [0.29, 0.717) is 18.5 Å². The molecule has 0 aliphatic heterocycles. The van der Waals surface area contributed by atoms with Crippen molar-refractivity contribution in [1.82, 2.24) is 4.90 Å². The molecule has 0 spiro atoms. The Hall–Kier alpha value is -0.540. The smallest absolute Gasteiger partial charge is 0.264 e. The lowest BCUT2D eigenvalue weighted by Crippen LogP contribution is -2.40. The van der Waals surface area contributed by atoms with Gasteiger partial charge in [0.2, 0.25) is 0 Å². The Morgan fingerprint density at radius 1 is 1.35 bits per heavy atom. The minimum absolute atomic E-state index is 0.179. The molecule has 0 saturated heterocycles. The van der Waals surface area contributed by atoms with Gasteiger partial charge in [0.1, 0.15) is 0 Å². The first kappa shape index (κ1) is 15.8.